The average molecular weight is 182 g/mol. The second-order valence-electron chi connectivity index (χ2n) is 3.04. The van der Waals surface area contributed by atoms with Crippen LogP contribution in [0.1, 0.15) is 6.42 Å². The highest BCUT2D eigenvalue weighted by Gasteiger charge is 2.16. The molecule has 0 saturated carbocycles. The molecule has 0 radical (unpaired) electrons. The standard InChI is InChI=1S/C9H11FN2O/c10-8-2-1-4-11-9(8)12-7-3-5-13-6-7/h1-2,4,7H,3,5-6H2,(H,11,12). The molecule has 1 atom stereocenters. The Bertz CT molecular complexity index is 287. The van der Waals surface area contributed by atoms with E-state index in [1.807, 2.05) is 0 Å². The summed E-state index contributed by atoms with van der Waals surface area (Å²) in [7, 11) is 0. The van der Waals surface area contributed by atoms with Crippen molar-refractivity contribution in [2.45, 2.75) is 12.5 Å². The van der Waals surface area contributed by atoms with Gasteiger partial charge in [0.15, 0.2) is 11.6 Å². The molecule has 1 saturated heterocycles. The summed E-state index contributed by atoms with van der Waals surface area (Å²) in [5, 5.41) is 3.00. The van der Waals surface area contributed by atoms with E-state index in [1.165, 1.54) is 6.07 Å². The van der Waals surface area contributed by atoms with Crippen LogP contribution >= 0.6 is 0 Å². The molecule has 4 heteroatoms. The highest BCUT2D eigenvalue weighted by Crippen LogP contribution is 2.14. The van der Waals surface area contributed by atoms with Crippen LogP contribution in [0.25, 0.3) is 0 Å². The van der Waals surface area contributed by atoms with Crippen molar-refractivity contribution in [1.29, 1.82) is 0 Å². The lowest BCUT2D eigenvalue weighted by atomic mass is 10.2. The highest BCUT2D eigenvalue weighted by atomic mass is 19.1. The van der Waals surface area contributed by atoms with Gasteiger partial charge in [0, 0.05) is 12.8 Å². The molecule has 0 aliphatic carbocycles. The molecule has 2 rings (SSSR count). The van der Waals surface area contributed by atoms with Crippen molar-refractivity contribution in [2.24, 2.45) is 0 Å². The van der Waals surface area contributed by atoms with Gasteiger partial charge in [0.2, 0.25) is 0 Å². The van der Waals surface area contributed by atoms with Gasteiger partial charge in [0.1, 0.15) is 0 Å². The van der Waals surface area contributed by atoms with Crippen molar-refractivity contribution < 1.29 is 9.13 Å². The number of hydrogen-bond donors (Lipinski definition) is 1. The van der Waals surface area contributed by atoms with E-state index in [2.05, 4.69) is 10.3 Å². The predicted octanol–water partition coefficient (Wildman–Crippen LogP) is 1.42. The Morgan fingerprint density at radius 1 is 1.62 bits per heavy atom. The molecule has 2 heterocycles. The second-order valence-corrected chi connectivity index (χ2v) is 3.04. The van der Waals surface area contributed by atoms with Crippen LogP contribution in [-0.2, 0) is 4.74 Å². The molecular weight excluding hydrogens is 171 g/mol. The molecule has 1 aromatic heterocycles. The summed E-state index contributed by atoms with van der Waals surface area (Å²) in [6, 6.07) is 3.17. The molecule has 1 aromatic rings. The fraction of sp³-hybridized carbons (Fsp3) is 0.444. The van der Waals surface area contributed by atoms with Crippen LogP contribution in [0, 0.1) is 5.82 Å². The Balaban J connectivity index is 2.04. The van der Waals surface area contributed by atoms with Gasteiger partial charge in [-0.3, -0.25) is 0 Å². The zero-order valence-electron chi connectivity index (χ0n) is 7.16. The molecule has 1 N–H and O–H groups in total. The Labute approximate surface area is 75.9 Å². The van der Waals surface area contributed by atoms with Crippen molar-refractivity contribution in [3.63, 3.8) is 0 Å². The highest BCUT2D eigenvalue weighted by molar-refractivity contribution is 5.36. The molecule has 0 aromatic carbocycles. The van der Waals surface area contributed by atoms with Gasteiger partial charge in [-0.25, -0.2) is 9.37 Å². The number of hydrogen-bond acceptors (Lipinski definition) is 3. The number of ether oxygens (including phenoxy) is 1. The number of nitrogens with zero attached hydrogens (tertiary/aromatic N) is 1. The zero-order chi connectivity index (χ0) is 9.10. The van der Waals surface area contributed by atoms with Gasteiger partial charge >= 0.3 is 0 Å². The number of aromatic nitrogens is 1. The van der Waals surface area contributed by atoms with E-state index < -0.39 is 0 Å². The van der Waals surface area contributed by atoms with Crippen molar-refractivity contribution in [2.75, 3.05) is 18.5 Å². The molecule has 1 unspecified atom stereocenters. The van der Waals surface area contributed by atoms with Gasteiger partial charge in [-0.15, -0.1) is 0 Å². The number of nitrogens with one attached hydrogen (secondary N) is 1. The van der Waals surface area contributed by atoms with Crippen LogP contribution in [0.5, 0.6) is 0 Å². The summed E-state index contributed by atoms with van der Waals surface area (Å²) < 4.78 is 18.2. The lowest BCUT2D eigenvalue weighted by Crippen LogP contribution is -2.20. The summed E-state index contributed by atoms with van der Waals surface area (Å²) in [6.45, 7) is 1.38. The molecule has 1 aliphatic rings. The first-order valence-electron chi connectivity index (χ1n) is 4.31. The Hall–Kier alpha value is -1.16. The first kappa shape index (κ1) is 8.44. The quantitative estimate of drug-likeness (QED) is 0.751. The van der Waals surface area contributed by atoms with Crippen molar-refractivity contribution in [3.8, 4) is 0 Å². The topological polar surface area (TPSA) is 34.2 Å². The molecule has 13 heavy (non-hydrogen) atoms. The smallest absolute Gasteiger partial charge is 0.165 e. The van der Waals surface area contributed by atoms with Gasteiger partial charge in [-0.2, -0.15) is 0 Å². The van der Waals surface area contributed by atoms with Crippen molar-refractivity contribution >= 4 is 5.82 Å². The third-order valence-corrected chi connectivity index (χ3v) is 2.03. The van der Waals surface area contributed by atoms with Crippen LogP contribution in [-0.4, -0.2) is 24.2 Å². The zero-order valence-corrected chi connectivity index (χ0v) is 7.16. The van der Waals surface area contributed by atoms with E-state index in [9.17, 15) is 4.39 Å². The van der Waals surface area contributed by atoms with E-state index in [-0.39, 0.29) is 11.9 Å². The maximum Gasteiger partial charge on any atom is 0.165 e. The fourth-order valence-corrected chi connectivity index (χ4v) is 1.33. The molecule has 0 spiro atoms. The minimum absolute atomic E-state index is 0.199. The monoisotopic (exact) mass is 182 g/mol. The van der Waals surface area contributed by atoms with Gasteiger partial charge in [0.05, 0.1) is 12.6 Å². The van der Waals surface area contributed by atoms with Gasteiger partial charge in [-0.05, 0) is 18.6 Å². The maximum atomic E-state index is 13.1. The molecule has 1 aliphatic heterocycles. The maximum absolute atomic E-state index is 13.1. The second kappa shape index (κ2) is 3.70. The molecule has 3 nitrogen and oxygen atoms in total. The molecular formula is C9H11FN2O. The van der Waals surface area contributed by atoms with E-state index >= 15 is 0 Å². The minimum Gasteiger partial charge on any atom is -0.379 e. The Morgan fingerprint density at radius 2 is 2.54 bits per heavy atom. The third kappa shape index (κ3) is 1.95. The van der Waals surface area contributed by atoms with Crippen molar-refractivity contribution in [1.82, 2.24) is 4.98 Å². The fourth-order valence-electron chi connectivity index (χ4n) is 1.33. The van der Waals surface area contributed by atoms with Crippen LogP contribution < -0.4 is 5.32 Å². The lowest BCUT2D eigenvalue weighted by molar-refractivity contribution is 0.195. The lowest BCUT2D eigenvalue weighted by Gasteiger charge is -2.10. The van der Waals surface area contributed by atoms with Gasteiger partial charge < -0.3 is 10.1 Å². The average Bonchev–Trinajstić information content (AvgIpc) is 2.61. The summed E-state index contributed by atoms with van der Waals surface area (Å²) in [5.74, 6) is 0.00685. The number of anilines is 1. The van der Waals surface area contributed by atoms with Crippen LogP contribution in [0.2, 0.25) is 0 Å². The van der Waals surface area contributed by atoms with Crippen LogP contribution in [0.4, 0.5) is 10.2 Å². The van der Waals surface area contributed by atoms with Crippen LogP contribution in [0.15, 0.2) is 18.3 Å². The first-order valence-corrected chi connectivity index (χ1v) is 4.31. The Morgan fingerprint density at radius 3 is 3.23 bits per heavy atom. The van der Waals surface area contributed by atoms with E-state index in [4.69, 9.17) is 4.74 Å². The minimum atomic E-state index is -0.311. The van der Waals surface area contributed by atoms with E-state index in [1.54, 1.807) is 12.3 Å². The largest absolute Gasteiger partial charge is 0.379 e. The summed E-state index contributed by atoms with van der Waals surface area (Å²) >= 11 is 0. The number of pyridine rings is 1. The molecule has 70 valence electrons. The third-order valence-electron chi connectivity index (χ3n) is 2.03. The predicted molar refractivity (Wildman–Crippen MR) is 47.0 cm³/mol. The van der Waals surface area contributed by atoms with E-state index in [0.717, 1.165) is 13.0 Å². The summed E-state index contributed by atoms with van der Waals surface area (Å²) in [4.78, 5) is 3.90. The molecule has 0 bridgehead atoms. The summed E-state index contributed by atoms with van der Waals surface area (Å²) in [6.07, 6.45) is 2.48. The van der Waals surface area contributed by atoms with Crippen molar-refractivity contribution in [3.05, 3.63) is 24.1 Å². The number of rotatable bonds is 2. The molecule has 1 fully saturated rings. The number of halogens is 1. The normalized spacial score (nSPS) is 21.8. The van der Waals surface area contributed by atoms with E-state index in [0.29, 0.717) is 12.4 Å². The van der Waals surface area contributed by atoms with Crippen LogP contribution in [0.3, 0.4) is 0 Å². The first-order chi connectivity index (χ1) is 6.36. The van der Waals surface area contributed by atoms with Gasteiger partial charge in [0.25, 0.3) is 0 Å². The molecule has 0 amide bonds. The summed E-state index contributed by atoms with van der Waals surface area (Å²) in [5.41, 5.74) is 0. The SMILES string of the molecule is Fc1cccnc1NC1CCOC1. The van der Waals surface area contributed by atoms with Gasteiger partial charge in [-0.1, -0.05) is 0 Å². The Kier molecular flexibility index (Phi) is 2.40.